The molecule has 0 atom stereocenters. The van der Waals surface area contributed by atoms with Crippen LogP contribution in [0.1, 0.15) is 31.5 Å². The third kappa shape index (κ3) is 4.69. The monoisotopic (exact) mass is 283 g/mol. The molecule has 6 heteroatoms. The number of halogens is 1. The van der Waals surface area contributed by atoms with Gasteiger partial charge in [0.05, 0.1) is 11.9 Å². The van der Waals surface area contributed by atoms with Crippen LogP contribution in [0.25, 0.3) is 0 Å². The predicted molar refractivity (Wildman–Crippen MR) is 78.2 cm³/mol. The molecule has 5 nitrogen and oxygen atoms in total. The van der Waals surface area contributed by atoms with Crippen molar-refractivity contribution in [2.24, 2.45) is 0 Å². The SMILES string of the molecule is CCCn1ccc(CNCc2cnn(CC)c2)n1.Cl. The number of nitrogens with one attached hydrogen (secondary N) is 1. The highest BCUT2D eigenvalue weighted by molar-refractivity contribution is 5.85. The van der Waals surface area contributed by atoms with E-state index in [1.165, 1.54) is 5.56 Å². The van der Waals surface area contributed by atoms with Gasteiger partial charge in [-0.05, 0) is 19.4 Å². The van der Waals surface area contributed by atoms with Gasteiger partial charge in [0, 0.05) is 44.1 Å². The first-order chi connectivity index (χ1) is 8.81. The summed E-state index contributed by atoms with van der Waals surface area (Å²) < 4.78 is 3.93. The maximum absolute atomic E-state index is 4.49. The van der Waals surface area contributed by atoms with Gasteiger partial charge < -0.3 is 5.32 Å². The standard InChI is InChI=1S/C13H21N5.ClH/c1-3-6-18-7-5-13(16-18)10-14-8-12-9-15-17(4-2)11-12;/h5,7,9,11,14H,3-4,6,8,10H2,1-2H3;1H. The van der Waals surface area contributed by atoms with Crippen molar-refractivity contribution < 1.29 is 0 Å². The van der Waals surface area contributed by atoms with Crippen molar-refractivity contribution in [3.05, 3.63) is 35.9 Å². The van der Waals surface area contributed by atoms with Gasteiger partial charge in [-0.1, -0.05) is 6.92 Å². The van der Waals surface area contributed by atoms with Gasteiger partial charge in [-0.2, -0.15) is 10.2 Å². The molecule has 0 fully saturated rings. The molecule has 0 saturated heterocycles. The van der Waals surface area contributed by atoms with Crippen LogP contribution in [0.3, 0.4) is 0 Å². The van der Waals surface area contributed by atoms with E-state index in [2.05, 4.69) is 41.6 Å². The van der Waals surface area contributed by atoms with Crippen LogP contribution in [0.15, 0.2) is 24.7 Å². The summed E-state index contributed by atoms with van der Waals surface area (Å²) >= 11 is 0. The molecule has 0 unspecified atom stereocenters. The Morgan fingerprint density at radius 3 is 2.74 bits per heavy atom. The Labute approximate surface area is 120 Å². The van der Waals surface area contributed by atoms with Gasteiger partial charge in [-0.3, -0.25) is 9.36 Å². The Morgan fingerprint density at radius 1 is 1.21 bits per heavy atom. The Morgan fingerprint density at radius 2 is 2.05 bits per heavy atom. The molecule has 2 aromatic heterocycles. The van der Waals surface area contributed by atoms with E-state index in [4.69, 9.17) is 0 Å². The quantitative estimate of drug-likeness (QED) is 0.848. The molecular weight excluding hydrogens is 262 g/mol. The lowest BCUT2D eigenvalue weighted by Crippen LogP contribution is -2.13. The van der Waals surface area contributed by atoms with Crippen molar-refractivity contribution in [2.45, 2.75) is 46.4 Å². The smallest absolute Gasteiger partial charge is 0.0762 e. The van der Waals surface area contributed by atoms with Crippen LogP contribution >= 0.6 is 12.4 Å². The molecule has 0 saturated carbocycles. The van der Waals surface area contributed by atoms with E-state index in [1.807, 2.05) is 21.8 Å². The molecule has 0 radical (unpaired) electrons. The zero-order valence-corrected chi connectivity index (χ0v) is 12.4. The van der Waals surface area contributed by atoms with Crippen LogP contribution in [-0.4, -0.2) is 19.6 Å². The lowest BCUT2D eigenvalue weighted by Gasteiger charge is -2.00. The summed E-state index contributed by atoms with van der Waals surface area (Å²) in [4.78, 5) is 0. The Balaban J connectivity index is 0.00000180. The molecule has 106 valence electrons. The van der Waals surface area contributed by atoms with E-state index in [-0.39, 0.29) is 12.4 Å². The summed E-state index contributed by atoms with van der Waals surface area (Å²) in [5.74, 6) is 0. The van der Waals surface area contributed by atoms with Gasteiger partial charge in [0.15, 0.2) is 0 Å². The van der Waals surface area contributed by atoms with Crippen molar-refractivity contribution in [1.29, 1.82) is 0 Å². The normalized spacial score (nSPS) is 10.4. The van der Waals surface area contributed by atoms with Crippen LogP contribution in [0.4, 0.5) is 0 Å². The highest BCUT2D eigenvalue weighted by Gasteiger charge is 2.00. The fourth-order valence-electron chi connectivity index (χ4n) is 1.86. The molecular formula is C13H22ClN5. The van der Waals surface area contributed by atoms with E-state index in [1.54, 1.807) is 0 Å². The van der Waals surface area contributed by atoms with Crippen LogP contribution in [0, 0.1) is 0 Å². The first-order valence-corrected chi connectivity index (χ1v) is 6.56. The molecule has 0 aliphatic rings. The number of nitrogens with zero attached hydrogens (tertiary/aromatic N) is 4. The van der Waals surface area contributed by atoms with E-state index in [0.29, 0.717) is 0 Å². The third-order valence-electron chi connectivity index (χ3n) is 2.79. The first kappa shape index (κ1) is 15.7. The Bertz CT molecular complexity index is 477. The van der Waals surface area contributed by atoms with Gasteiger partial charge in [0.2, 0.25) is 0 Å². The molecule has 0 aliphatic heterocycles. The number of hydrogen-bond acceptors (Lipinski definition) is 3. The number of aromatic nitrogens is 4. The van der Waals surface area contributed by atoms with E-state index < -0.39 is 0 Å². The molecule has 2 rings (SSSR count). The second-order valence-corrected chi connectivity index (χ2v) is 4.38. The predicted octanol–water partition coefficient (Wildman–Crippen LogP) is 2.22. The molecule has 0 aromatic carbocycles. The van der Waals surface area contributed by atoms with Crippen LogP contribution in [-0.2, 0) is 26.2 Å². The summed E-state index contributed by atoms with van der Waals surface area (Å²) in [5.41, 5.74) is 2.30. The zero-order valence-electron chi connectivity index (χ0n) is 11.5. The average molecular weight is 284 g/mol. The summed E-state index contributed by atoms with van der Waals surface area (Å²) in [6.45, 7) is 7.79. The maximum Gasteiger partial charge on any atom is 0.0762 e. The molecule has 0 amide bonds. The minimum absolute atomic E-state index is 0. The highest BCUT2D eigenvalue weighted by atomic mass is 35.5. The number of rotatable bonds is 7. The first-order valence-electron chi connectivity index (χ1n) is 6.56. The molecule has 2 heterocycles. The van der Waals surface area contributed by atoms with Crippen molar-refractivity contribution in [3.63, 3.8) is 0 Å². The van der Waals surface area contributed by atoms with Crippen LogP contribution in [0.5, 0.6) is 0 Å². The fourth-order valence-corrected chi connectivity index (χ4v) is 1.86. The second-order valence-electron chi connectivity index (χ2n) is 4.38. The van der Waals surface area contributed by atoms with Crippen molar-refractivity contribution in [1.82, 2.24) is 24.9 Å². The number of aryl methyl sites for hydroxylation is 2. The highest BCUT2D eigenvalue weighted by Crippen LogP contribution is 2.00. The molecule has 0 bridgehead atoms. The Hall–Kier alpha value is -1.33. The average Bonchev–Trinajstić information content (AvgIpc) is 2.99. The van der Waals surface area contributed by atoms with E-state index in [0.717, 1.165) is 38.3 Å². The summed E-state index contributed by atoms with van der Waals surface area (Å²) in [6, 6.07) is 2.07. The van der Waals surface area contributed by atoms with E-state index >= 15 is 0 Å². The van der Waals surface area contributed by atoms with Crippen molar-refractivity contribution in [2.75, 3.05) is 0 Å². The van der Waals surface area contributed by atoms with Crippen LogP contribution in [0.2, 0.25) is 0 Å². The molecule has 0 aliphatic carbocycles. The molecule has 1 N–H and O–H groups in total. The minimum Gasteiger partial charge on any atom is -0.307 e. The molecule has 0 spiro atoms. The Kier molecular flexibility index (Phi) is 6.59. The van der Waals surface area contributed by atoms with Gasteiger partial charge in [0.25, 0.3) is 0 Å². The molecule has 2 aromatic rings. The van der Waals surface area contributed by atoms with Crippen molar-refractivity contribution >= 4 is 12.4 Å². The van der Waals surface area contributed by atoms with E-state index in [9.17, 15) is 0 Å². The largest absolute Gasteiger partial charge is 0.307 e. The maximum atomic E-state index is 4.49. The lowest BCUT2D eigenvalue weighted by atomic mass is 10.3. The topological polar surface area (TPSA) is 47.7 Å². The fraction of sp³-hybridized carbons (Fsp3) is 0.538. The third-order valence-corrected chi connectivity index (χ3v) is 2.79. The zero-order chi connectivity index (χ0) is 12.8. The van der Waals surface area contributed by atoms with Gasteiger partial charge in [-0.25, -0.2) is 0 Å². The van der Waals surface area contributed by atoms with Crippen molar-refractivity contribution in [3.8, 4) is 0 Å². The summed E-state index contributed by atoms with van der Waals surface area (Å²) in [6.07, 6.45) is 7.13. The van der Waals surface area contributed by atoms with Gasteiger partial charge in [-0.15, -0.1) is 12.4 Å². The minimum atomic E-state index is 0. The van der Waals surface area contributed by atoms with Crippen LogP contribution < -0.4 is 5.32 Å². The van der Waals surface area contributed by atoms with Gasteiger partial charge in [0.1, 0.15) is 0 Å². The lowest BCUT2D eigenvalue weighted by molar-refractivity contribution is 0.582. The van der Waals surface area contributed by atoms with Gasteiger partial charge >= 0.3 is 0 Å². The molecule has 19 heavy (non-hydrogen) atoms. The summed E-state index contributed by atoms with van der Waals surface area (Å²) in [5, 5.41) is 12.1. The second kappa shape index (κ2) is 7.96. The summed E-state index contributed by atoms with van der Waals surface area (Å²) in [7, 11) is 0. The number of hydrogen-bond donors (Lipinski definition) is 1.